The van der Waals surface area contributed by atoms with Crippen LogP contribution < -0.4 is 9.64 Å². The second-order valence-corrected chi connectivity index (χ2v) is 9.71. The van der Waals surface area contributed by atoms with Gasteiger partial charge in [0, 0.05) is 29.8 Å². The predicted octanol–water partition coefficient (Wildman–Crippen LogP) is 5.09. The molecule has 4 aromatic rings. The van der Waals surface area contributed by atoms with E-state index in [4.69, 9.17) is 14.5 Å². The number of ether oxygens (including phenoxy) is 2. The van der Waals surface area contributed by atoms with Gasteiger partial charge in [-0.25, -0.2) is 4.98 Å². The van der Waals surface area contributed by atoms with Gasteiger partial charge in [-0.2, -0.15) is 0 Å². The van der Waals surface area contributed by atoms with Gasteiger partial charge in [-0.1, -0.05) is 43.0 Å². The average molecular weight is 494 g/mol. The van der Waals surface area contributed by atoms with Crippen LogP contribution in [0, 0.1) is 0 Å². The zero-order valence-corrected chi connectivity index (χ0v) is 20.9. The number of hydrogen-bond donors (Lipinski definition) is 0. The second-order valence-electron chi connectivity index (χ2n) is 7.91. The number of benzene rings is 2. The molecule has 0 amide bonds. The Labute approximate surface area is 207 Å². The number of morpholine rings is 1. The third-order valence-corrected chi connectivity index (χ3v) is 7.61. The first-order chi connectivity index (χ1) is 16.7. The highest BCUT2D eigenvalue weighted by Crippen LogP contribution is 2.32. The molecule has 1 saturated heterocycles. The topological polar surface area (TPSA) is 65.3 Å². The first-order valence-electron chi connectivity index (χ1n) is 11.3. The molecule has 1 aliphatic heterocycles. The highest BCUT2D eigenvalue weighted by atomic mass is 32.2. The van der Waals surface area contributed by atoms with Crippen LogP contribution in [0.5, 0.6) is 5.75 Å². The van der Waals surface area contributed by atoms with E-state index in [1.807, 2.05) is 18.2 Å². The number of methoxy groups -OCH3 is 1. The van der Waals surface area contributed by atoms with Crippen molar-refractivity contribution >= 4 is 29.0 Å². The standard InChI is InChI=1S/C25H27N5O2S2/c1-3-18-6-4-8-21(14-18)30-24(29-10-12-32-13-11-29)27-28-25(30)34-17-20-16-33-23(26-20)19-7-5-9-22(15-19)31-2/h4-9,14-16H,3,10-13,17H2,1-2H3. The van der Waals surface area contributed by atoms with Crippen LogP contribution in [0.1, 0.15) is 18.2 Å². The van der Waals surface area contributed by atoms with E-state index in [1.54, 1.807) is 30.2 Å². The van der Waals surface area contributed by atoms with Gasteiger partial charge < -0.3 is 14.4 Å². The fourth-order valence-electron chi connectivity index (χ4n) is 3.87. The lowest BCUT2D eigenvalue weighted by Gasteiger charge is -2.28. The van der Waals surface area contributed by atoms with Crippen LogP contribution in [0.15, 0.2) is 59.1 Å². The van der Waals surface area contributed by atoms with Crippen molar-refractivity contribution in [3.63, 3.8) is 0 Å². The van der Waals surface area contributed by atoms with Gasteiger partial charge in [0.1, 0.15) is 10.8 Å². The fraction of sp³-hybridized carbons (Fsp3) is 0.320. The minimum absolute atomic E-state index is 0.705. The van der Waals surface area contributed by atoms with E-state index in [0.717, 1.165) is 64.1 Å². The van der Waals surface area contributed by atoms with Gasteiger partial charge in [0.05, 0.1) is 31.7 Å². The molecule has 1 fully saturated rings. The van der Waals surface area contributed by atoms with Crippen LogP contribution in [-0.4, -0.2) is 53.2 Å². The Balaban J connectivity index is 1.40. The summed E-state index contributed by atoms with van der Waals surface area (Å²) in [7, 11) is 1.68. The van der Waals surface area contributed by atoms with E-state index >= 15 is 0 Å². The molecule has 9 heteroatoms. The van der Waals surface area contributed by atoms with Crippen molar-refractivity contribution in [1.82, 2.24) is 19.7 Å². The van der Waals surface area contributed by atoms with Gasteiger partial charge >= 0.3 is 0 Å². The van der Waals surface area contributed by atoms with Crippen LogP contribution in [0.4, 0.5) is 5.95 Å². The Morgan fingerprint density at radius 1 is 1.09 bits per heavy atom. The predicted molar refractivity (Wildman–Crippen MR) is 137 cm³/mol. The lowest BCUT2D eigenvalue weighted by atomic mass is 10.1. The summed E-state index contributed by atoms with van der Waals surface area (Å²) in [5.41, 5.74) is 4.47. The van der Waals surface area contributed by atoms with Crippen molar-refractivity contribution in [2.24, 2.45) is 0 Å². The number of anilines is 1. The van der Waals surface area contributed by atoms with Gasteiger partial charge in [0.25, 0.3) is 0 Å². The first-order valence-corrected chi connectivity index (χ1v) is 13.2. The minimum Gasteiger partial charge on any atom is -0.497 e. The molecule has 3 heterocycles. The Morgan fingerprint density at radius 3 is 2.76 bits per heavy atom. The molecular weight excluding hydrogens is 466 g/mol. The van der Waals surface area contributed by atoms with E-state index in [-0.39, 0.29) is 0 Å². The molecule has 34 heavy (non-hydrogen) atoms. The maximum absolute atomic E-state index is 5.55. The molecule has 5 rings (SSSR count). The maximum atomic E-state index is 5.55. The largest absolute Gasteiger partial charge is 0.497 e. The number of thioether (sulfide) groups is 1. The van der Waals surface area contributed by atoms with Crippen molar-refractivity contribution in [3.05, 3.63) is 65.2 Å². The molecule has 2 aromatic heterocycles. The molecule has 0 unspecified atom stereocenters. The summed E-state index contributed by atoms with van der Waals surface area (Å²) < 4.78 is 13.1. The van der Waals surface area contributed by atoms with E-state index in [1.165, 1.54) is 5.56 Å². The van der Waals surface area contributed by atoms with E-state index in [2.05, 4.69) is 62.3 Å². The van der Waals surface area contributed by atoms with Gasteiger partial charge in [-0.05, 0) is 36.2 Å². The van der Waals surface area contributed by atoms with Crippen LogP contribution in [-0.2, 0) is 16.9 Å². The maximum Gasteiger partial charge on any atom is 0.232 e. The third-order valence-electron chi connectivity index (χ3n) is 5.70. The van der Waals surface area contributed by atoms with Gasteiger partial charge in [0.2, 0.25) is 5.95 Å². The summed E-state index contributed by atoms with van der Waals surface area (Å²) in [6.07, 6.45) is 0.983. The van der Waals surface area contributed by atoms with Gasteiger partial charge in [-0.15, -0.1) is 21.5 Å². The Kier molecular flexibility index (Phi) is 7.13. The fourth-order valence-corrected chi connectivity index (χ4v) is 5.63. The monoisotopic (exact) mass is 493 g/mol. The van der Waals surface area contributed by atoms with Crippen molar-refractivity contribution in [2.75, 3.05) is 38.3 Å². The lowest BCUT2D eigenvalue weighted by molar-refractivity contribution is 0.122. The van der Waals surface area contributed by atoms with Crippen molar-refractivity contribution in [2.45, 2.75) is 24.3 Å². The highest BCUT2D eigenvalue weighted by molar-refractivity contribution is 7.98. The highest BCUT2D eigenvalue weighted by Gasteiger charge is 2.22. The summed E-state index contributed by atoms with van der Waals surface area (Å²) in [6.45, 7) is 5.21. The molecule has 7 nitrogen and oxygen atoms in total. The van der Waals surface area contributed by atoms with E-state index in [0.29, 0.717) is 13.2 Å². The summed E-state index contributed by atoms with van der Waals surface area (Å²) >= 11 is 3.31. The molecule has 0 aliphatic carbocycles. The summed E-state index contributed by atoms with van der Waals surface area (Å²) in [4.78, 5) is 7.11. The molecule has 2 aromatic carbocycles. The number of nitrogens with zero attached hydrogens (tertiary/aromatic N) is 5. The Morgan fingerprint density at radius 2 is 1.94 bits per heavy atom. The first kappa shape index (κ1) is 22.9. The molecule has 0 spiro atoms. The molecular formula is C25H27N5O2S2. The number of hydrogen-bond acceptors (Lipinski definition) is 8. The minimum atomic E-state index is 0.705. The van der Waals surface area contributed by atoms with Gasteiger partial charge in [0.15, 0.2) is 5.16 Å². The third kappa shape index (κ3) is 4.96. The van der Waals surface area contributed by atoms with Crippen LogP contribution in [0.25, 0.3) is 16.3 Å². The molecule has 0 atom stereocenters. The Bertz CT molecular complexity index is 1250. The quantitative estimate of drug-likeness (QED) is 0.317. The zero-order chi connectivity index (χ0) is 23.3. The smallest absolute Gasteiger partial charge is 0.232 e. The van der Waals surface area contributed by atoms with E-state index < -0.39 is 0 Å². The lowest BCUT2D eigenvalue weighted by Crippen LogP contribution is -2.37. The van der Waals surface area contributed by atoms with Crippen LogP contribution in [0.2, 0.25) is 0 Å². The van der Waals surface area contributed by atoms with Crippen molar-refractivity contribution < 1.29 is 9.47 Å². The SMILES string of the molecule is CCc1cccc(-n2c(SCc3csc(-c4cccc(OC)c4)n3)nnc2N2CCOCC2)c1. The van der Waals surface area contributed by atoms with Crippen LogP contribution in [0.3, 0.4) is 0 Å². The van der Waals surface area contributed by atoms with Crippen molar-refractivity contribution in [3.8, 4) is 22.0 Å². The Hall–Kier alpha value is -2.88. The molecule has 0 bridgehead atoms. The summed E-state index contributed by atoms with van der Waals surface area (Å²) in [5, 5.41) is 13.1. The molecule has 0 radical (unpaired) electrons. The zero-order valence-electron chi connectivity index (χ0n) is 19.3. The number of thiazole rings is 1. The van der Waals surface area contributed by atoms with Crippen LogP contribution >= 0.6 is 23.1 Å². The second kappa shape index (κ2) is 10.6. The summed E-state index contributed by atoms with van der Waals surface area (Å²) in [6, 6.07) is 16.6. The average Bonchev–Trinajstić information content (AvgIpc) is 3.55. The number of aryl methyl sites for hydroxylation is 1. The van der Waals surface area contributed by atoms with E-state index in [9.17, 15) is 0 Å². The normalized spacial score (nSPS) is 13.9. The molecule has 176 valence electrons. The van der Waals surface area contributed by atoms with Gasteiger partial charge in [-0.3, -0.25) is 4.57 Å². The van der Waals surface area contributed by atoms with Crippen molar-refractivity contribution in [1.29, 1.82) is 0 Å². The molecule has 0 saturated carbocycles. The summed E-state index contributed by atoms with van der Waals surface area (Å²) in [5.74, 6) is 2.42. The molecule has 1 aliphatic rings. The number of rotatable bonds is 8. The molecule has 0 N–H and O–H groups in total. The number of aromatic nitrogens is 4.